The Hall–Kier alpha value is -2.18. The lowest BCUT2D eigenvalue weighted by molar-refractivity contribution is -0.145. The van der Waals surface area contributed by atoms with E-state index in [4.69, 9.17) is 4.74 Å². The quantitative estimate of drug-likeness (QED) is 0.781. The summed E-state index contributed by atoms with van der Waals surface area (Å²) in [7, 11) is -3.82. The van der Waals surface area contributed by atoms with E-state index in [1.54, 1.807) is 19.1 Å². The zero-order valence-corrected chi connectivity index (χ0v) is 14.5. The number of hydrogen-bond acceptors (Lipinski definition) is 4. The van der Waals surface area contributed by atoms with Crippen molar-refractivity contribution in [3.05, 3.63) is 65.7 Å². The highest BCUT2D eigenvalue weighted by Crippen LogP contribution is 2.13. The molecule has 0 radical (unpaired) electrons. The smallest absolute Gasteiger partial charge is 0.324 e. The van der Waals surface area contributed by atoms with Gasteiger partial charge in [0.15, 0.2) is 0 Å². The minimum Gasteiger partial charge on any atom is -0.465 e. The van der Waals surface area contributed by atoms with E-state index in [2.05, 4.69) is 4.72 Å². The van der Waals surface area contributed by atoms with Gasteiger partial charge in [0.05, 0.1) is 11.5 Å². The molecule has 24 heavy (non-hydrogen) atoms. The number of sulfonamides is 1. The highest BCUT2D eigenvalue weighted by atomic mass is 32.2. The van der Waals surface area contributed by atoms with Crippen LogP contribution in [-0.2, 0) is 26.0 Å². The lowest BCUT2D eigenvalue weighted by Gasteiger charge is -2.17. The lowest BCUT2D eigenvalue weighted by atomic mass is 10.1. The molecule has 0 aromatic heterocycles. The maximum atomic E-state index is 12.6. The fraction of sp³-hybridized carbons (Fsp3) is 0.278. The SMILES string of the molecule is CCOC(=O)C(Cc1ccccc1)NS(=O)(=O)c1cccc(C)c1. The monoisotopic (exact) mass is 347 g/mol. The first-order valence-corrected chi connectivity index (χ1v) is 9.20. The minimum absolute atomic E-state index is 0.130. The molecule has 0 aliphatic rings. The van der Waals surface area contributed by atoms with Crippen LogP contribution in [-0.4, -0.2) is 27.0 Å². The molecule has 2 aromatic rings. The van der Waals surface area contributed by atoms with Crippen molar-refractivity contribution in [1.82, 2.24) is 4.72 Å². The first-order chi connectivity index (χ1) is 11.4. The Balaban J connectivity index is 2.25. The lowest BCUT2D eigenvalue weighted by Crippen LogP contribution is -2.43. The molecule has 2 rings (SSSR count). The molecule has 0 bridgehead atoms. The van der Waals surface area contributed by atoms with E-state index < -0.39 is 22.0 Å². The average Bonchev–Trinajstić information content (AvgIpc) is 2.55. The molecule has 6 heteroatoms. The van der Waals surface area contributed by atoms with Gasteiger partial charge in [-0.2, -0.15) is 4.72 Å². The highest BCUT2D eigenvalue weighted by Gasteiger charge is 2.27. The molecule has 1 unspecified atom stereocenters. The van der Waals surface area contributed by atoms with Crippen LogP contribution >= 0.6 is 0 Å². The van der Waals surface area contributed by atoms with Crippen molar-refractivity contribution in [2.75, 3.05) is 6.61 Å². The second-order valence-corrected chi connectivity index (χ2v) is 7.15. The van der Waals surface area contributed by atoms with Crippen molar-refractivity contribution in [3.8, 4) is 0 Å². The topological polar surface area (TPSA) is 72.5 Å². The number of benzene rings is 2. The number of esters is 1. The standard InChI is InChI=1S/C18H21NO4S/c1-3-23-18(20)17(13-15-9-5-4-6-10-15)19-24(21,22)16-11-7-8-14(2)12-16/h4-12,17,19H,3,13H2,1-2H3. The van der Waals surface area contributed by atoms with Gasteiger partial charge in [-0.15, -0.1) is 0 Å². The number of hydrogen-bond donors (Lipinski definition) is 1. The molecule has 128 valence electrons. The predicted molar refractivity (Wildman–Crippen MR) is 92.1 cm³/mol. The van der Waals surface area contributed by atoms with E-state index in [0.29, 0.717) is 0 Å². The molecule has 1 atom stereocenters. The van der Waals surface area contributed by atoms with Crippen LogP contribution in [0.25, 0.3) is 0 Å². The van der Waals surface area contributed by atoms with Crippen LogP contribution in [0.1, 0.15) is 18.1 Å². The molecule has 0 spiro atoms. The van der Waals surface area contributed by atoms with Gasteiger partial charge in [-0.1, -0.05) is 42.5 Å². The van der Waals surface area contributed by atoms with E-state index >= 15 is 0 Å². The van der Waals surface area contributed by atoms with Crippen LogP contribution in [0.3, 0.4) is 0 Å². The van der Waals surface area contributed by atoms with Crippen LogP contribution in [0.4, 0.5) is 0 Å². The Kier molecular flexibility index (Phi) is 6.11. The summed E-state index contributed by atoms with van der Waals surface area (Å²) in [5.74, 6) is -0.586. The van der Waals surface area contributed by atoms with Gasteiger partial charge in [0.25, 0.3) is 0 Å². The van der Waals surface area contributed by atoms with Crippen molar-refractivity contribution in [3.63, 3.8) is 0 Å². The zero-order chi connectivity index (χ0) is 17.6. The number of ether oxygens (including phenoxy) is 1. The molecule has 5 nitrogen and oxygen atoms in total. The first-order valence-electron chi connectivity index (χ1n) is 7.72. The number of carbonyl (C=O) groups excluding carboxylic acids is 1. The molecule has 0 aliphatic heterocycles. The Morgan fingerprint density at radius 3 is 2.46 bits per heavy atom. The highest BCUT2D eigenvalue weighted by molar-refractivity contribution is 7.89. The van der Waals surface area contributed by atoms with Crippen LogP contribution < -0.4 is 4.72 Å². The van der Waals surface area contributed by atoms with E-state index in [1.165, 1.54) is 6.07 Å². The summed E-state index contributed by atoms with van der Waals surface area (Å²) in [5, 5.41) is 0. The van der Waals surface area contributed by atoms with E-state index in [9.17, 15) is 13.2 Å². The molecule has 0 fully saturated rings. The number of carbonyl (C=O) groups is 1. The fourth-order valence-electron chi connectivity index (χ4n) is 2.30. The van der Waals surface area contributed by atoms with E-state index in [1.807, 2.05) is 43.3 Å². The third-order valence-corrected chi connectivity index (χ3v) is 4.92. The van der Waals surface area contributed by atoms with Gasteiger partial charge in [0.1, 0.15) is 6.04 Å². The molecule has 0 heterocycles. The van der Waals surface area contributed by atoms with Gasteiger partial charge in [-0.3, -0.25) is 4.79 Å². The Morgan fingerprint density at radius 1 is 1.12 bits per heavy atom. The third-order valence-electron chi connectivity index (χ3n) is 3.45. The fourth-order valence-corrected chi connectivity index (χ4v) is 3.59. The predicted octanol–water partition coefficient (Wildman–Crippen LogP) is 2.45. The van der Waals surface area contributed by atoms with Gasteiger partial charge in [0.2, 0.25) is 10.0 Å². The molecule has 0 saturated carbocycles. The first kappa shape index (κ1) is 18.2. The largest absolute Gasteiger partial charge is 0.465 e. The minimum atomic E-state index is -3.82. The molecule has 0 aliphatic carbocycles. The van der Waals surface area contributed by atoms with Gasteiger partial charge >= 0.3 is 5.97 Å². The van der Waals surface area contributed by atoms with Crippen molar-refractivity contribution in [1.29, 1.82) is 0 Å². The maximum absolute atomic E-state index is 12.6. The summed E-state index contributed by atoms with van der Waals surface area (Å²) >= 11 is 0. The van der Waals surface area contributed by atoms with E-state index in [0.717, 1.165) is 11.1 Å². The summed E-state index contributed by atoms with van der Waals surface area (Å²) in [6, 6.07) is 14.8. The Morgan fingerprint density at radius 2 is 1.83 bits per heavy atom. The molecule has 0 amide bonds. The Labute approximate surface area is 142 Å². The summed E-state index contributed by atoms with van der Waals surface area (Å²) in [6.07, 6.45) is 0.227. The van der Waals surface area contributed by atoms with Crippen molar-refractivity contribution in [2.24, 2.45) is 0 Å². The van der Waals surface area contributed by atoms with Crippen molar-refractivity contribution < 1.29 is 17.9 Å². The van der Waals surface area contributed by atoms with Crippen LogP contribution in [0.15, 0.2) is 59.5 Å². The molecular weight excluding hydrogens is 326 g/mol. The Bertz CT molecular complexity index is 788. The molecule has 1 N–H and O–H groups in total. The zero-order valence-electron chi connectivity index (χ0n) is 13.7. The van der Waals surface area contributed by atoms with Crippen molar-refractivity contribution in [2.45, 2.75) is 31.2 Å². The molecule has 2 aromatic carbocycles. The third kappa shape index (κ3) is 4.91. The van der Waals surface area contributed by atoms with E-state index in [-0.39, 0.29) is 17.9 Å². The van der Waals surface area contributed by atoms with Crippen LogP contribution in [0.2, 0.25) is 0 Å². The second-order valence-electron chi connectivity index (χ2n) is 5.43. The van der Waals surface area contributed by atoms with Gasteiger partial charge < -0.3 is 4.74 Å². The summed E-state index contributed by atoms with van der Waals surface area (Å²) < 4.78 is 32.6. The molecular formula is C18H21NO4S. The van der Waals surface area contributed by atoms with Gasteiger partial charge in [-0.25, -0.2) is 8.42 Å². The number of aryl methyl sites for hydroxylation is 1. The summed E-state index contributed by atoms with van der Waals surface area (Å²) in [4.78, 5) is 12.3. The van der Waals surface area contributed by atoms with Gasteiger partial charge in [0, 0.05) is 0 Å². The van der Waals surface area contributed by atoms with Crippen LogP contribution in [0, 0.1) is 6.92 Å². The van der Waals surface area contributed by atoms with Crippen LogP contribution in [0.5, 0.6) is 0 Å². The average molecular weight is 347 g/mol. The summed E-state index contributed by atoms with van der Waals surface area (Å²) in [5.41, 5.74) is 1.68. The molecule has 0 saturated heterocycles. The number of nitrogens with one attached hydrogen (secondary N) is 1. The van der Waals surface area contributed by atoms with Crippen molar-refractivity contribution >= 4 is 16.0 Å². The maximum Gasteiger partial charge on any atom is 0.324 e. The van der Waals surface area contributed by atoms with Gasteiger partial charge in [-0.05, 0) is 43.5 Å². The second kappa shape index (κ2) is 8.08. The number of rotatable bonds is 7. The normalized spacial score (nSPS) is 12.6. The summed E-state index contributed by atoms with van der Waals surface area (Å²) in [6.45, 7) is 3.69.